The third-order valence-corrected chi connectivity index (χ3v) is 15.7. The van der Waals surface area contributed by atoms with Gasteiger partial charge in [-0.1, -0.05) is 0 Å². The minimum Gasteiger partial charge on any atom is -0.479 e. The van der Waals surface area contributed by atoms with E-state index < -0.39 is 244 Å². The Hall–Kier alpha value is -6.47. The second-order valence-electron chi connectivity index (χ2n) is 22.4. The van der Waals surface area contributed by atoms with E-state index in [0.717, 1.165) is 27.7 Å². The largest absolute Gasteiger partial charge is 0.479 e. The minimum absolute atomic E-state index is 0.00685. The lowest BCUT2D eigenvalue weighted by atomic mass is 9.87. The number of hydrogen-bond donors (Lipinski definition) is 19. The normalized spacial score (nSPS) is 32.5. The highest BCUT2D eigenvalue weighted by molar-refractivity contribution is 5.97. The first-order valence-electron chi connectivity index (χ1n) is 28.9. The van der Waals surface area contributed by atoms with Gasteiger partial charge in [0.2, 0.25) is 59.1 Å². The summed E-state index contributed by atoms with van der Waals surface area (Å²) in [6.07, 6.45) is -32.4. The van der Waals surface area contributed by atoms with Gasteiger partial charge in [0.1, 0.15) is 116 Å². The predicted octanol–water partition coefficient (Wildman–Crippen LogP) is -12.4. The van der Waals surface area contributed by atoms with Gasteiger partial charge in [0, 0.05) is 33.9 Å². The molecule has 0 radical (unpaired) electrons. The first kappa shape index (κ1) is 74.3. The molecule has 0 bridgehead atoms. The molecule has 510 valence electrons. The van der Waals surface area contributed by atoms with Crippen LogP contribution >= 0.6 is 0 Å². The second kappa shape index (κ2) is 33.2. The van der Waals surface area contributed by atoms with Gasteiger partial charge in [-0.15, -0.1) is 0 Å². The zero-order valence-electron chi connectivity index (χ0n) is 50.0. The quantitative estimate of drug-likeness (QED) is 0.0346. The van der Waals surface area contributed by atoms with Gasteiger partial charge in [0.05, 0.1) is 45.1 Å². The number of carboxylic acids is 1. The molecule has 0 spiro atoms. The molecule has 5 rings (SSSR count). The summed E-state index contributed by atoms with van der Waals surface area (Å²) < 4.78 is 35.2. The maximum absolute atomic E-state index is 14.6. The number of carbonyl (C=O) groups is 11. The highest BCUT2D eigenvalue weighted by Crippen LogP contribution is 2.35. The summed E-state index contributed by atoms with van der Waals surface area (Å²) >= 11 is 0. The molecule has 5 heterocycles. The van der Waals surface area contributed by atoms with Crippen molar-refractivity contribution in [2.45, 2.75) is 214 Å². The zero-order valence-corrected chi connectivity index (χ0v) is 50.0. The molecule has 5 fully saturated rings. The van der Waals surface area contributed by atoms with E-state index >= 15 is 0 Å². The zero-order chi connectivity index (χ0) is 67.3. The van der Waals surface area contributed by atoms with Gasteiger partial charge in [0.15, 0.2) is 18.7 Å². The number of hydrogen-bond acceptors (Lipinski definition) is 27. The van der Waals surface area contributed by atoms with Crippen LogP contribution in [0.2, 0.25) is 0 Å². The number of amides is 10. The molecule has 0 aromatic rings. The lowest BCUT2D eigenvalue weighted by molar-refractivity contribution is -0.358. The van der Waals surface area contributed by atoms with Crippen molar-refractivity contribution in [3.8, 4) is 0 Å². The molecule has 90 heavy (non-hydrogen) atoms. The van der Waals surface area contributed by atoms with Gasteiger partial charge in [-0.05, 0) is 46.5 Å². The fourth-order valence-electron chi connectivity index (χ4n) is 11.0. The van der Waals surface area contributed by atoms with E-state index in [1.54, 1.807) is 0 Å². The summed E-state index contributed by atoms with van der Waals surface area (Å²) in [6, 6.07) is -12.3. The molecule has 5 aliphatic heterocycles. The van der Waals surface area contributed by atoms with E-state index in [0.29, 0.717) is 12.8 Å². The number of carboxylic acid groups (broad SMARTS) is 1. The van der Waals surface area contributed by atoms with Gasteiger partial charge in [-0.3, -0.25) is 47.9 Å². The third-order valence-electron chi connectivity index (χ3n) is 15.7. The Kier molecular flexibility index (Phi) is 27.4. The molecule has 24 atom stereocenters. The van der Waals surface area contributed by atoms with Crippen molar-refractivity contribution in [1.29, 1.82) is 0 Å². The van der Waals surface area contributed by atoms with Gasteiger partial charge >= 0.3 is 5.97 Å². The van der Waals surface area contributed by atoms with Crippen LogP contribution in [0.15, 0.2) is 0 Å². The molecule has 10 amide bonds. The summed E-state index contributed by atoms with van der Waals surface area (Å²) in [5, 5.41) is 135. The SMILES string of the molecule is CC(=O)NCC(=O)NC(CO)C(=O)NC(C(=O)NC(C)C(=O)N1CCCC1C(=O)N1CCCC1C(=O)NC(C)C(N)=O)C(C)O[C@@H]1OC(CO)[C@H](O)[C@H](O[C@@H]2OC(CO)[C@H](O)[C@H](O[C@H]3[C@H](O)C(NC(C)=O)C([C@H](O)[C@H](O)CO)O[C@H]3C(=O)O)C2O)C1NC(C)=O. The summed E-state index contributed by atoms with van der Waals surface area (Å²) in [7, 11) is 0. The van der Waals surface area contributed by atoms with Crippen LogP contribution in [0.3, 0.4) is 0 Å². The number of nitrogens with one attached hydrogen (secondary N) is 7. The Morgan fingerprint density at radius 3 is 1.76 bits per heavy atom. The number of nitrogens with zero attached hydrogens (tertiary/aromatic N) is 2. The van der Waals surface area contributed by atoms with E-state index in [1.165, 1.54) is 23.6 Å². The van der Waals surface area contributed by atoms with Crippen LogP contribution in [-0.2, 0) is 81.2 Å². The van der Waals surface area contributed by atoms with E-state index in [1.807, 2.05) is 0 Å². The minimum atomic E-state index is -2.38. The number of aliphatic hydroxyl groups excluding tert-OH is 10. The van der Waals surface area contributed by atoms with Crippen LogP contribution in [0.1, 0.15) is 67.2 Å². The summed E-state index contributed by atoms with van der Waals surface area (Å²) in [6.45, 7) is 1.79. The number of ether oxygens (including phenoxy) is 6. The van der Waals surface area contributed by atoms with Crippen LogP contribution < -0.4 is 43.0 Å². The molecule has 5 aliphatic rings. The number of rotatable bonds is 28. The Morgan fingerprint density at radius 1 is 0.622 bits per heavy atom. The lowest BCUT2D eigenvalue weighted by Gasteiger charge is -2.50. The van der Waals surface area contributed by atoms with Crippen LogP contribution in [0, 0.1) is 0 Å². The predicted molar refractivity (Wildman–Crippen MR) is 294 cm³/mol. The maximum atomic E-state index is 14.6. The highest BCUT2D eigenvalue weighted by atomic mass is 16.7. The van der Waals surface area contributed by atoms with Crippen LogP contribution in [0.25, 0.3) is 0 Å². The molecule has 38 heteroatoms. The van der Waals surface area contributed by atoms with E-state index in [9.17, 15) is 109 Å². The number of likely N-dealkylation sites (tertiary alicyclic amines) is 2. The summed E-state index contributed by atoms with van der Waals surface area (Å²) in [5.74, 6) is -10.7. The van der Waals surface area contributed by atoms with Crippen molar-refractivity contribution >= 4 is 65.0 Å². The molecule has 0 aromatic carbocycles. The Morgan fingerprint density at radius 2 is 1.20 bits per heavy atom. The highest BCUT2D eigenvalue weighted by Gasteiger charge is 2.58. The molecule has 0 aromatic heterocycles. The van der Waals surface area contributed by atoms with Crippen molar-refractivity contribution in [1.82, 2.24) is 47.0 Å². The van der Waals surface area contributed by atoms with Crippen LogP contribution in [0.4, 0.5) is 0 Å². The Labute approximate surface area is 513 Å². The lowest BCUT2D eigenvalue weighted by Crippen LogP contribution is -2.71. The average Bonchev–Trinajstić information content (AvgIpc) is 1.50. The summed E-state index contributed by atoms with van der Waals surface area (Å²) in [4.78, 5) is 147. The Balaban J connectivity index is 1.45. The number of primary amides is 1. The smallest absolute Gasteiger partial charge is 0.335 e. The fourth-order valence-corrected chi connectivity index (χ4v) is 11.0. The van der Waals surface area contributed by atoms with Crippen molar-refractivity contribution in [3.05, 3.63) is 0 Å². The van der Waals surface area contributed by atoms with E-state index in [-0.39, 0.29) is 25.9 Å². The molecule has 5 saturated heterocycles. The topological polar surface area (TPSA) is 582 Å². The molecular formula is C52H84N10O28. The van der Waals surface area contributed by atoms with E-state index in [2.05, 4.69) is 37.2 Å². The van der Waals surface area contributed by atoms with Crippen LogP contribution in [-0.4, -0.2) is 323 Å². The first-order valence-corrected chi connectivity index (χ1v) is 28.9. The number of nitrogens with two attached hydrogens (primary N) is 1. The first-order chi connectivity index (χ1) is 42.3. The van der Waals surface area contributed by atoms with Crippen molar-refractivity contribution in [2.75, 3.05) is 46.1 Å². The molecule has 38 nitrogen and oxygen atoms in total. The van der Waals surface area contributed by atoms with Gasteiger partial charge in [0.25, 0.3) is 0 Å². The van der Waals surface area contributed by atoms with Crippen molar-refractivity contribution < 1.29 is 137 Å². The van der Waals surface area contributed by atoms with Crippen LogP contribution in [0.5, 0.6) is 0 Å². The molecular weight excluding hydrogens is 1210 g/mol. The number of aliphatic hydroxyl groups is 10. The van der Waals surface area contributed by atoms with Gasteiger partial charge < -0.3 is 137 Å². The monoisotopic (exact) mass is 1300 g/mol. The number of carbonyl (C=O) groups excluding carboxylic acids is 10. The average molecular weight is 1300 g/mol. The molecule has 13 unspecified atom stereocenters. The molecule has 0 saturated carbocycles. The molecule has 0 aliphatic carbocycles. The standard InChI is InChI=1S/C52H84N10O28/c1-18(44(53)77)55-46(79)25-9-7-11-61(25)49(82)26-10-8-12-62(26)48(81)19(2)56-47(80)31(60-45(78)24(14-63)59-30(71)13-54-21(4)67)20(3)85-51-33(58-23(6)69)40(35(73)28(16-65)86-51)90-52-38(76)41(36(74)29(17-66)87-52)89-42-37(75)32(57-22(5)68)39(34(72)27(70)15-64)88-43(42)50(83)84/h18-20,24-29,31-43,51-52,63-66,70,72-76H,7-17H2,1-6H3,(H2,53,77)(H,54,67)(H,55,79)(H,56,80)(H,57,68)(H,58,69)(H,59,71)(H,60,78)(H,83,84)/t18?,19?,20?,24?,25?,26?,27-,28?,29?,31?,32?,33?,34-,35+,36+,37-,38?,39?,40-,41+,42+,43-,51-,52+/m1/s1. The Bertz CT molecular complexity index is 2560. The van der Waals surface area contributed by atoms with Gasteiger partial charge in [-0.2, -0.15) is 0 Å². The van der Waals surface area contributed by atoms with E-state index in [4.69, 9.17) is 34.2 Å². The van der Waals surface area contributed by atoms with Crippen molar-refractivity contribution in [2.24, 2.45) is 5.73 Å². The maximum Gasteiger partial charge on any atom is 0.335 e. The third kappa shape index (κ3) is 18.2. The fraction of sp³-hybridized carbons (Fsp3) is 0.788. The van der Waals surface area contributed by atoms with Crippen molar-refractivity contribution in [3.63, 3.8) is 0 Å². The summed E-state index contributed by atoms with van der Waals surface area (Å²) in [5.41, 5.74) is 5.32. The van der Waals surface area contributed by atoms with Gasteiger partial charge in [-0.25, -0.2) is 4.79 Å². The number of aliphatic carboxylic acids is 1. The molecule has 20 N–H and O–H groups in total. The second-order valence-corrected chi connectivity index (χ2v) is 22.4.